The third-order valence-corrected chi connectivity index (χ3v) is 4.35. The van der Waals surface area contributed by atoms with Crippen molar-refractivity contribution in [3.05, 3.63) is 0 Å². The molecule has 0 spiro atoms. The summed E-state index contributed by atoms with van der Waals surface area (Å²) in [4.78, 5) is 25.0. The fourth-order valence-corrected chi connectivity index (χ4v) is 3.12. The number of piperidine rings is 1. The Kier molecular flexibility index (Phi) is 9.11. The molecule has 1 fully saturated rings. The molecular formula is C17H31NO3. The van der Waals surface area contributed by atoms with E-state index in [0.29, 0.717) is 6.42 Å². The van der Waals surface area contributed by atoms with E-state index in [0.717, 1.165) is 38.6 Å². The number of likely N-dealkylation sites (tertiary alicyclic amines) is 1. The normalized spacial score (nSPS) is 18.7. The van der Waals surface area contributed by atoms with E-state index in [1.807, 2.05) is 4.90 Å². The van der Waals surface area contributed by atoms with Gasteiger partial charge in [-0.1, -0.05) is 45.4 Å². The van der Waals surface area contributed by atoms with Crippen LogP contribution in [0.3, 0.4) is 0 Å². The molecule has 0 aromatic heterocycles. The molecular weight excluding hydrogens is 266 g/mol. The van der Waals surface area contributed by atoms with E-state index in [1.165, 1.54) is 32.1 Å². The summed E-state index contributed by atoms with van der Waals surface area (Å²) < 4.78 is 0. The summed E-state index contributed by atoms with van der Waals surface area (Å²) in [6, 6.07) is -0.0756. The highest BCUT2D eigenvalue weighted by Crippen LogP contribution is 2.21. The lowest BCUT2D eigenvalue weighted by Crippen LogP contribution is -2.44. The van der Waals surface area contributed by atoms with Gasteiger partial charge in [0.2, 0.25) is 5.91 Å². The van der Waals surface area contributed by atoms with Crippen LogP contribution in [0.2, 0.25) is 0 Å². The smallest absolute Gasteiger partial charge is 0.305 e. The average Bonchev–Trinajstić information content (AvgIpc) is 2.46. The van der Waals surface area contributed by atoms with Gasteiger partial charge in [-0.05, 0) is 25.7 Å². The minimum atomic E-state index is -0.796. The third kappa shape index (κ3) is 7.49. The summed E-state index contributed by atoms with van der Waals surface area (Å²) in [5.41, 5.74) is 0. The fourth-order valence-electron chi connectivity index (χ4n) is 3.12. The van der Waals surface area contributed by atoms with Gasteiger partial charge in [-0.15, -0.1) is 0 Å². The zero-order valence-corrected chi connectivity index (χ0v) is 13.5. The molecule has 1 heterocycles. The van der Waals surface area contributed by atoms with Crippen LogP contribution in [0.1, 0.15) is 84.0 Å². The lowest BCUT2D eigenvalue weighted by atomic mass is 9.98. The van der Waals surface area contributed by atoms with E-state index in [-0.39, 0.29) is 18.4 Å². The highest BCUT2D eigenvalue weighted by Gasteiger charge is 2.27. The Hall–Kier alpha value is -1.06. The van der Waals surface area contributed by atoms with E-state index in [9.17, 15) is 9.59 Å². The van der Waals surface area contributed by atoms with E-state index >= 15 is 0 Å². The molecule has 0 aromatic carbocycles. The van der Waals surface area contributed by atoms with Crippen molar-refractivity contribution in [3.63, 3.8) is 0 Å². The number of hydrogen-bond donors (Lipinski definition) is 1. The molecule has 1 amide bonds. The number of rotatable bonds is 10. The number of aliphatic carboxylic acids is 1. The van der Waals surface area contributed by atoms with E-state index < -0.39 is 5.97 Å². The molecule has 1 aliphatic heterocycles. The molecule has 4 nitrogen and oxygen atoms in total. The number of hydrogen-bond acceptors (Lipinski definition) is 2. The third-order valence-electron chi connectivity index (χ3n) is 4.35. The van der Waals surface area contributed by atoms with Crippen molar-refractivity contribution in [2.75, 3.05) is 6.54 Å². The first kappa shape index (κ1) is 18.0. The van der Waals surface area contributed by atoms with Gasteiger partial charge in [-0.3, -0.25) is 9.59 Å². The van der Waals surface area contributed by atoms with Crippen LogP contribution in [-0.4, -0.2) is 34.5 Å². The molecule has 0 bridgehead atoms. The number of carbonyl (C=O) groups is 2. The van der Waals surface area contributed by atoms with Crippen LogP contribution in [-0.2, 0) is 9.59 Å². The molecule has 21 heavy (non-hydrogen) atoms. The predicted molar refractivity (Wildman–Crippen MR) is 84.2 cm³/mol. The Labute approximate surface area is 128 Å². The Morgan fingerprint density at radius 2 is 1.71 bits per heavy atom. The molecule has 0 aromatic rings. The van der Waals surface area contributed by atoms with Crippen LogP contribution in [0.4, 0.5) is 0 Å². The highest BCUT2D eigenvalue weighted by molar-refractivity contribution is 5.77. The van der Waals surface area contributed by atoms with Gasteiger partial charge >= 0.3 is 5.97 Å². The van der Waals surface area contributed by atoms with Crippen molar-refractivity contribution in [1.82, 2.24) is 4.90 Å². The summed E-state index contributed by atoms with van der Waals surface area (Å²) in [5.74, 6) is -0.634. The minimum absolute atomic E-state index is 0.0756. The molecule has 4 heteroatoms. The molecule has 0 aliphatic carbocycles. The second-order valence-electron chi connectivity index (χ2n) is 6.21. The first-order chi connectivity index (χ1) is 10.1. The van der Waals surface area contributed by atoms with Gasteiger partial charge in [-0.2, -0.15) is 0 Å². The quantitative estimate of drug-likeness (QED) is 0.620. The summed E-state index contributed by atoms with van der Waals surface area (Å²) in [5, 5.41) is 8.94. The van der Waals surface area contributed by atoms with E-state index in [1.54, 1.807) is 0 Å². The van der Waals surface area contributed by atoms with Crippen molar-refractivity contribution < 1.29 is 14.7 Å². The Balaban J connectivity index is 2.21. The molecule has 1 rings (SSSR count). The first-order valence-electron chi connectivity index (χ1n) is 8.66. The van der Waals surface area contributed by atoms with E-state index in [4.69, 9.17) is 5.11 Å². The maximum atomic E-state index is 12.3. The summed E-state index contributed by atoms with van der Waals surface area (Å²) in [6.45, 7) is 2.96. The van der Waals surface area contributed by atoms with Crippen LogP contribution < -0.4 is 0 Å². The van der Waals surface area contributed by atoms with Gasteiger partial charge in [0.1, 0.15) is 0 Å². The summed E-state index contributed by atoms with van der Waals surface area (Å²) in [6.07, 6.45) is 12.0. The second-order valence-corrected chi connectivity index (χ2v) is 6.21. The topological polar surface area (TPSA) is 57.6 Å². The molecule has 1 saturated heterocycles. The summed E-state index contributed by atoms with van der Waals surface area (Å²) in [7, 11) is 0. The Bertz CT molecular complexity index is 317. The number of amides is 1. The minimum Gasteiger partial charge on any atom is -0.481 e. The van der Waals surface area contributed by atoms with Gasteiger partial charge < -0.3 is 10.0 Å². The van der Waals surface area contributed by atoms with Crippen molar-refractivity contribution in [1.29, 1.82) is 0 Å². The van der Waals surface area contributed by atoms with Gasteiger partial charge in [0, 0.05) is 19.0 Å². The first-order valence-corrected chi connectivity index (χ1v) is 8.66. The number of carboxylic acids is 1. The second kappa shape index (κ2) is 10.6. The van der Waals surface area contributed by atoms with Crippen molar-refractivity contribution in [2.24, 2.45) is 0 Å². The molecule has 1 aliphatic rings. The van der Waals surface area contributed by atoms with E-state index in [2.05, 4.69) is 6.92 Å². The zero-order chi connectivity index (χ0) is 15.5. The van der Waals surface area contributed by atoms with Crippen LogP contribution >= 0.6 is 0 Å². The van der Waals surface area contributed by atoms with Crippen LogP contribution in [0, 0.1) is 0 Å². The molecule has 1 unspecified atom stereocenters. The van der Waals surface area contributed by atoms with Gasteiger partial charge in [0.05, 0.1) is 6.42 Å². The fraction of sp³-hybridized carbons (Fsp3) is 0.882. The monoisotopic (exact) mass is 297 g/mol. The highest BCUT2D eigenvalue weighted by atomic mass is 16.4. The molecule has 122 valence electrons. The number of carboxylic acid groups (broad SMARTS) is 1. The van der Waals surface area contributed by atoms with Crippen molar-refractivity contribution in [2.45, 2.75) is 90.0 Å². The average molecular weight is 297 g/mol. The summed E-state index contributed by atoms with van der Waals surface area (Å²) >= 11 is 0. The predicted octanol–water partition coefficient (Wildman–Crippen LogP) is 3.98. The van der Waals surface area contributed by atoms with Gasteiger partial charge in [0.25, 0.3) is 0 Å². The molecule has 1 atom stereocenters. The Morgan fingerprint density at radius 1 is 1.05 bits per heavy atom. The largest absolute Gasteiger partial charge is 0.481 e. The van der Waals surface area contributed by atoms with Crippen molar-refractivity contribution in [3.8, 4) is 0 Å². The zero-order valence-electron chi connectivity index (χ0n) is 13.5. The molecule has 1 N–H and O–H groups in total. The Morgan fingerprint density at radius 3 is 2.38 bits per heavy atom. The SMILES string of the molecule is CCCCCCCCCC(=O)N1CCCCC1CC(=O)O. The molecule has 0 radical (unpaired) electrons. The van der Waals surface area contributed by atoms with Crippen LogP contribution in [0.25, 0.3) is 0 Å². The lowest BCUT2D eigenvalue weighted by molar-refractivity contribution is -0.142. The standard InChI is InChI=1S/C17H31NO3/c1-2-3-4-5-6-7-8-12-16(19)18-13-10-9-11-15(18)14-17(20)21/h15H,2-14H2,1H3,(H,20,21). The maximum absolute atomic E-state index is 12.3. The van der Waals surface area contributed by atoms with Crippen LogP contribution in [0.15, 0.2) is 0 Å². The number of carbonyl (C=O) groups excluding carboxylic acids is 1. The number of unbranched alkanes of at least 4 members (excludes halogenated alkanes) is 6. The molecule has 0 saturated carbocycles. The maximum Gasteiger partial charge on any atom is 0.305 e. The van der Waals surface area contributed by atoms with Gasteiger partial charge in [-0.25, -0.2) is 0 Å². The van der Waals surface area contributed by atoms with Gasteiger partial charge in [0.15, 0.2) is 0 Å². The van der Waals surface area contributed by atoms with Crippen molar-refractivity contribution >= 4 is 11.9 Å². The number of nitrogens with zero attached hydrogens (tertiary/aromatic N) is 1. The van der Waals surface area contributed by atoms with Crippen LogP contribution in [0.5, 0.6) is 0 Å². The lowest BCUT2D eigenvalue weighted by Gasteiger charge is -2.35.